The van der Waals surface area contributed by atoms with Crippen LogP contribution in [-0.4, -0.2) is 23.3 Å². The van der Waals surface area contributed by atoms with Gasteiger partial charge >= 0.3 is 0 Å². The van der Waals surface area contributed by atoms with Gasteiger partial charge < -0.3 is 9.84 Å². The quantitative estimate of drug-likeness (QED) is 0.793. The molecule has 0 spiro atoms. The highest BCUT2D eigenvalue weighted by atomic mass is 16.5. The Labute approximate surface area is 107 Å². The van der Waals surface area contributed by atoms with Crippen LogP contribution in [0.15, 0.2) is 48.7 Å². The van der Waals surface area contributed by atoms with Gasteiger partial charge in [-0.05, 0) is 37.1 Å². The topological polar surface area (TPSA) is 42.4 Å². The van der Waals surface area contributed by atoms with Crippen molar-refractivity contribution >= 4 is 0 Å². The van der Waals surface area contributed by atoms with Crippen LogP contribution in [0.3, 0.4) is 0 Å². The maximum Gasteiger partial charge on any atom is 0.119 e. The minimum atomic E-state index is 0.220. The molecule has 94 valence electrons. The second kappa shape index (κ2) is 6.77. The summed E-state index contributed by atoms with van der Waals surface area (Å²) < 4.78 is 5.63. The van der Waals surface area contributed by atoms with Gasteiger partial charge in [-0.25, -0.2) is 0 Å². The zero-order chi connectivity index (χ0) is 12.6. The Morgan fingerprint density at radius 3 is 2.78 bits per heavy atom. The Kier molecular flexibility index (Phi) is 4.73. The maximum atomic E-state index is 8.69. The lowest BCUT2D eigenvalue weighted by atomic mass is 10.1. The van der Waals surface area contributed by atoms with Gasteiger partial charge in [0, 0.05) is 18.4 Å². The van der Waals surface area contributed by atoms with Gasteiger partial charge in [0.25, 0.3) is 0 Å². The van der Waals surface area contributed by atoms with Crippen LogP contribution >= 0.6 is 0 Å². The fraction of sp³-hybridized carbons (Fsp3) is 0.267. The molecular formula is C15H17NO2. The Bertz CT molecular complexity index is 471. The number of ether oxygens (including phenoxy) is 1. The molecule has 0 amide bonds. The monoisotopic (exact) mass is 243 g/mol. The Balaban J connectivity index is 2.02. The van der Waals surface area contributed by atoms with E-state index in [-0.39, 0.29) is 6.61 Å². The lowest BCUT2D eigenvalue weighted by Gasteiger charge is -2.07. The maximum absolute atomic E-state index is 8.69. The second-order valence-electron chi connectivity index (χ2n) is 4.02. The van der Waals surface area contributed by atoms with Gasteiger partial charge in [0.2, 0.25) is 0 Å². The second-order valence-corrected chi connectivity index (χ2v) is 4.02. The summed E-state index contributed by atoms with van der Waals surface area (Å²) in [7, 11) is 0. The Morgan fingerprint density at radius 1 is 1.06 bits per heavy atom. The molecule has 0 saturated carbocycles. The summed E-state index contributed by atoms with van der Waals surface area (Å²) in [5.74, 6) is 0.844. The van der Waals surface area contributed by atoms with Crippen LogP contribution in [0.1, 0.15) is 12.8 Å². The Morgan fingerprint density at radius 2 is 2.00 bits per heavy atom. The van der Waals surface area contributed by atoms with Crippen molar-refractivity contribution in [2.45, 2.75) is 12.8 Å². The molecule has 2 rings (SSSR count). The van der Waals surface area contributed by atoms with Gasteiger partial charge in [0.15, 0.2) is 0 Å². The van der Waals surface area contributed by atoms with Crippen LogP contribution in [0.2, 0.25) is 0 Å². The van der Waals surface area contributed by atoms with Gasteiger partial charge in [-0.3, -0.25) is 4.98 Å². The third-order valence-corrected chi connectivity index (χ3v) is 2.62. The third-order valence-electron chi connectivity index (χ3n) is 2.62. The van der Waals surface area contributed by atoms with Crippen molar-refractivity contribution in [2.75, 3.05) is 13.2 Å². The molecule has 18 heavy (non-hydrogen) atoms. The van der Waals surface area contributed by atoms with Crippen LogP contribution in [0.25, 0.3) is 11.3 Å². The first-order valence-corrected chi connectivity index (χ1v) is 6.15. The van der Waals surface area contributed by atoms with Gasteiger partial charge in [-0.1, -0.05) is 18.2 Å². The van der Waals surface area contributed by atoms with E-state index >= 15 is 0 Å². The van der Waals surface area contributed by atoms with Crippen LogP contribution in [-0.2, 0) is 0 Å². The highest BCUT2D eigenvalue weighted by Crippen LogP contribution is 2.21. The molecular weight excluding hydrogens is 226 g/mol. The minimum Gasteiger partial charge on any atom is -0.494 e. The van der Waals surface area contributed by atoms with Crippen molar-refractivity contribution in [1.82, 2.24) is 4.98 Å². The summed E-state index contributed by atoms with van der Waals surface area (Å²) in [5.41, 5.74) is 1.99. The number of aliphatic hydroxyl groups excluding tert-OH is 1. The number of aromatic nitrogens is 1. The summed E-state index contributed by atoms with van der Waals surface area (Å²) in [6, 6.07) is 13.8. The van der Waals surface area contributed by atoms with E-state index in [1.54, 1.807) is 6.20 Å². The average molecular weight is 243 g/mol. The first-order valence-electron chi connectivity index (χ1n) is 6.15. The molecule has 0 atom stereocenters. The lowest BCUT2D eigenvalue weighted by molar-refractivity contribution is 0.253. The summed E-state index contributed by atoms with van der Waals surface area (Å²) in [5, 5.41) is 8.69. The molecule has 1 aromatic heterocycles. The van der Waals surface area contributed by atoms with E-state index in [2.05, 4.69) is 4.98 Å². The molecule has 1 heterocycles. The standard InChI is InChI=1S/C15H17NO2/c17-10-3-4-11-18-14-7-5-6-13(12-14)15-8-1-2-9-16-15/h1-2,5-9,12,17H,3-4,10-11H2. The number of hydrogen-bond donors (Lipinski definition) is 1. The van der Waals surface area contributed by atoms with Gasteiger partial charge in [0.05, 0.1) is 12.3 Å². The van der Waals surface area contributed by atoms with E-state index < -0.39 is 0 Å². The van der Waals surface area contributed by atoms with Gasteiger partial charge in [-0.15, -0.1) is 0 Å². The lowest BCUT2D eigenvalue weighted by Crippen LogP contribution is -1.98. The SMILES string of the molecule is OCCCCOc1cccc(-c2ccccn2)c1. The van der Waals surface area contributed by atoms with Crippen LogP contribution in [0.5, 0.6) is 5.75 Å². The number of pyridine rings is 1. The van der Waals surface area contributed by atoms with E-state index in [9.17, 15) is 0 Å². The fourth-order valence-corrected chi connectivity index (χ4v) is 1.68. The summed E-state index contributed by atoms with van der Waals surface area (Å²) in [6.45, 7) is 0.851. The largest absolute Gasteiger partial charge is 0.494 e. The molecule has 3 heteroatoms. The van der Waals surface area contributed by atoms with E-state index in [1.165, 1.54) is 0 Å². The smallest absolute Gasteiger partial charge is 0.119 e. The van der Waals surface area contributed by atoms with Crippen molar-refractivity contribution < 1.29 is 9.84 Å². The van der Waals surface area contributed by atoms with Crippen molar-refractivity contribution in [3.05, 3.63) is 48.7 Å². The fourth-order valence-electron chi connectivity index (χ4n) is 1.68. The van der Waals surface area contributed by atoms with E-state index in [1.807, 2.05) is 42.5 Å². The third kappa shape index (κ3) is 3.57. The van der Waals surface area contributed by atoms with Crippen LogP contribution < -0.4 is 4.74 Å². The predicted molar refractivity (Wildman–Crippen MR) is 71.5 cm³/mol. The number of rotatable bonds is 6. The highest BCUT2D eigenvalue weighted by Gasteiger charge is 2.00. The summed E-state index contributed by atoms with van der Waals surface area (Å²) >= 11 is 0. The van der Waals surface area contributed by atoms with Crippen molar-refractivity contribution in [3.63, 3.8) is 0 Å². The first kappa shape index (κ1) is 12.6. The Hall–Kier alpha value is -1.87. The van der Waals surface area contributed by atoms with E-state index in [0.717, 1.165) is 29.8 Å². The van der Waals surface area contributed by atoms with Crippen molar-refractivity contribution in [1.29, 1.82) is 0 Å². The minimum absolute atomic E-state index is 0.220. The van der Waals surface area contributed by atoms with Gasteiger partial charge in [0.1, 0.15) is 5.75 Å². The molecule has 3 nitrogen and oxygen atoms in total. The van der Waals surface area contributed by atoms with E-state index in [4.69, 9.17) is 9.84 Å². The molecule has 0 aliphatic rings. The predicted octanol–water partition coefficient (Wildman–Crippen LogP) is 2.90. The van der Waals surface area contributed by atoms with E-state index in [0.29, 0.717) is 6.61 Å². The van der Waals surface area contributed by atoms with Crippen molar-refractivity contribution in [3.8, 4) is 17.0 Å². The molecule has 1 aromatic carbocycles. The molecule has 1 N–H and O–H groups in total. The number of benzene rings is 1. The van der Waals surface area contributed by atoms with Gasteiger partial charge in [-0.2, -0.15) is 0 Å². The zero-order valence-corrected chi connectivity index (χ0v) is 10.2. The summed E-state index contributed by atoms with van der Waals surface area (Å²) in [6.07, 6.45) is 3.42. The average Bonchev–Trinajstić information content (AvgIpc) is 2.45. The highest BCUT2D eigenvalue weighted by molar-refractivity contribution is 5.60. The molecule has 0 aliphatic carbocycles. The zero-order valence-electron chi connectivity index (χ0n) is 10.2. The van der Waals surface area contributed by atoms with Crippen molar-refractivity contribution in [2.24, 2.45) is 0 Å². The normalized spacial score (nSPS) is 10.3. The van der Waals surface area contributed by atoms with Crippen LogP contribution in [0.4, 0.5) is 0 Å². The molecule has 0 bridgehead atoms. The number of aliphatic hydroxyl groups is 1. The molecule has 0 saturated heterocycles. The number of hydrogen-bond acceptors (Lipinski definition) is 3. The number of unbranched alkanes of at least 4 members (excludes halogenated alkanes) is 1. The molecule has 0 radical (unpaired) electrons. The first-order chi connectivity index (χ1) is 8.90. The molecule has 0 aliphatic heterocycles. The van der Waals surface area contributed by atoms with Crippen LogP contribution in [0, 0.1) is 0 Å². The molecule has 0 unspecified atom stereocenters. The summed E-state index contributed by atoms with van der Waals surface area (Å²) in [4.78, 5) is 4.31. The number of nitrogens with zero attached hydrogens (tertiary/aromatic N) is 1. The molecule has 0 fully saturated rings. The molecule has 2 aromatic rings.